The second-order valence-corrected chi connectivity index (χ2v) is 7.26. The fourth-order valence-corrected chi connectivity index (χ4v) is 4.02. The van der Waals surface area contributed by atoms with Crippen molar-refractivity contribution in [2.24, 2.45) is 0 Å². The van der Waals surface area contributed by atoms with Gasteiger partial charge in [-0.1, -0.05) is 37.3 Å². The number of hydrogen-bond acceptors (Lipinski definition) is 5. The first-order valence-electron chi connectivity index (χ1n) is 9.00. The van der Waals surface area contributed by atoms with Crippen LogP contribution in [0.1, 0.15) is 29.1 Å². The van der Waals surface area contributed by atoms with Crippen LogP contribution in [0.3, 0.4) is 0 Å². The van der Waals surface area contributed by atoms with Crippen LogP contribution in [0.4, 0.5) is 4.79 Å². The minimum Gasteiger partial charge on any atom is -0.373 e. The van der Waals surface area contributed by atoms with Crippen molar-refractivity contribution >= 4 is 17.4 Å². The van der Waals surface area contributed by atoms with Crippen LogP contribution in [0.25, 0.3) is 0 Å². The zero-order valence-electron chi connectivity index (χ0n) is 15.3. The zero-order chi connectivity index (χ0) is 18.4. The Morgan fingerprint density at radius 2 is 2.15 bits per heavy atom. The molecule has 26 heavy (non-hydrogen) atoms. The molecule has 0 spiro atoms. The molecule has 3 rings (SSSR count). The topological polar surface area (TPSA) is 66.5 Å². The van der Waals surface area contributed by atoms with Gasteiger partial charge < -0.3 is 15.4 Å². The second-order valence-electron chi connectivity index (χ2n) is 6.32. The standard InChI is InChI=1S/C19H26N4O2S/c1-3-23-9-10-25-16(18(23)15-7-5-4-6-8-15)11-20-19(24)21-12-17-14(2)22-13-26-17/h4-8,13,16,18H,3,9-12H2,1-2H3,(H2,20,21,24)/t16-,18-/m0/s1. The smallest absolute Gasteiger partial charge is 0.315 e. The van der Waals surface area contributed by atoms with Crippen molar-refractivity contribution in [3.05, 3.63) is 52.0 Å². The number of ether oxygens (including phenoxy) is 1. The van der Waals surface area contributed by atoms with E-state index in [-0.39, 0.29) is 18.2 Å². The van der Waals surface area contributed by atoms with Gasteiger partial charge in [0.25, 0.3) is 0 Å². The summed E-state index contributed by atoms with van der Waals surface area (Å²) in [6, 6.07) is 10.3. The third kappa shape index (κ3) is 4.60. The number of hydrogen-bond donors (Lipinski definition) is 2. The molecule has 1 aliphatic heterocycles. The fraction of sp³-hybridized carbons (Fsp3) is 0.474. The molecule has 1 aliphatic rings. The molecule has 2 heterocycles. The van der Waals surface area contributed by atoms with E-state index in [2.05, 4.69) is 39.6 Å². The van der Waals surface area contributed by atoms with E-state index in [0.717, 1.165) is 23.7 Å². The molecular weight excluding hydrogens is 348 g/mol. The van der Waals surface area contributed by atoms with E-state index in [4.69, 9.17) is 4.74 Å². The van der Waals surface area contributed by atoms with Crippen molar-refractivity contribution in [1.82, 2.24) is 20.5 Å². The molecule has 140 valence electrons. The number of thiazole rings is 1. The number of nitrogens with one attached hydrogen (secondary N) is 2. The molecule has 7 heteroatoms. The van der Waals surface area contributed by atoms with E-state index >= 15 is 0 Å². The highest BCUT2D eigenvalue weighted by molar-refractivity contribution is 7.09. The van der Waals surface area contributed by atoms with Crippen molar-refractivity contribution in [3.8, 4) is 0 Å². The fourth-order valence-electron chi connectivity index (χ4n) is 3.30. The predicted octanol–water partition coefficient (Wildman–Crippen LogP) is 2.71. The van der Waals surface area contributed by atoms with Crippen molar-refractivity contribution in [2.45, 2.75) is 32.5 Å². The van der Waals surface area contributed by atoms with Crippen LogP contribution >= 0.6 is 11.3 Å². The van der Waals surface area contributed by atoms with Crippen LogP contribution in [0, 0.1) is 6.92 Å². The molecule has 0 radical (unpaired) electrons. The van der Waals surface area contributed by atoms with Crippen molar-refractivity contribution in [2.75, 3.05) is 26.2 Å². The Balaban J connectivity index is 1.58. The van der Waals surface area contributed by atoms with E-state index in [9.17, 15) is 4.79 Å². The summed E-state index contributed by atoms with van der Waals surface area (Å²) >= 11 is 1.55. The van der Waals surface area contributed by atoms with Gasteiger partial charge in [-0.3, -0.25) is 4.90 Å². The molecule has 0 aliphatic carbocycles. The molecule has 6 nitrogen and oxygen atoms in total. The molecule has 1 aromatic heterocycles. The Morgan fingerprint density at radius 1 is 1.35 bits per heavy atom. The summed E-state index contributed by atoms with van der Waals surface area (Å²) in [5, 5.41) is 5.86. The maximum Gasteiger partial charge on any atom is 0.315 e. The summed E-state index contributed by atoms with van der Waals surface area (Å²) in [4.78, 5) is 19.9. The van der Waals surface area contributed by atoms with E-state index < -0.39 is 0 Å². The summed E-state index contributed by atoms with van der Waals surface area (Å²) in [6.07, 6.45) is -0.0676. The number of urea groups is 1. The third-order valence-electron chi connectivity index (χ3n) is 4.72. The van der Waals surface area contributed by atoms with Crippen molar-refractivity contribution < 1.29 is 9.53 Å². The van der Waals surface area contributed by atoms with E-state index in [1.807, 2.05) is 25.1 Å². The van der Waals surface area contributed by atoms with Gasteiger partial charge in [0.15, 0.2) is 0 Å². The molecule has 1 fully saturated rings. The summed E-state index contributed by atoms with van der Waals surface area (Å²) < 4.78 is 6.00. The number of benzene rings is 1. The van der Waals surface area contributed by atoms with Crippen LogP contribution in [-0.4, -0.2) is 48.3 Å². The molecule has 2 atom stereocenters. The molecule has 2 amide bonds. The Bertz CT molecular complexity index is 707. The minimum atomic E-state index is -0.179. The van der Waals surface area contributed by atoms with E-state index in [1.54, 1.807) is 16.8 Å². The van der Waals surface area contributed by atoms with Crippen LogP contribution in [0.15, 0.2) is 35.8 Å². The average Bonchev–Trinajstić information content (AvgIpc) is 3.09. The normalized spacial score (nSPS) is 20.7. The molecule has 1 aromatic carbocycles. The predicted molar refractivity (Wildman–Crippen MR) is 103 cm³/mol. The van der Waals surface area contributed by atoms with Gasteiger partial charge in [-0.25, -0.2) is 9.78 Å². The summed E-state index contributed by atoms with van der Waals surface area (Å²) in [6.45, 7) is 7.63. The van der Waals surface area contributed by atoms with Crippen LogP contribution in [0.2, 0.25) is 0 Å². The number of morpholine rings is 1. The van der Waals surface area contributed by atoms with E-state index in [0.29, 0.717) is 19.7 Å². The highest BCUT2D eigenvalue weighted by Crippen LogP contribution is 2.28. The van der Waals surface area contributed by atoms with Gasteiger partial charge >= 0.3 is 6.03 Å². The lowest BCUT2D eigenvalue weighted by atomic mass is 9.98. The zero-order valence-corrected chi connectivity index (χ0v) is 16.1. The number of likely N-dealkylation sites (N-methyl/N-ethyl adjacent to an activating group) is 1. The highest BCUT2D eigenvalue weighted by atomic mass is 32.1. The lowest BCUT2D eigenvalue weighted by Gasteiger charge is -2.41. The monoisotopic (exact) mass is 374 g/mol. The van der Waals surface area contributed by atoms with Gasteiger partial charge in [0.05, 0.1) is 36.5 Å². The average molecular weight is 375 g/mol. The Labute approximate surface area is 158 Å². The van der Waals surface area contributed by atoms with Crippen molar-refractivity contribution in [1.29, 1.82) is 0 Å². The quantitative estimate of drug-likeness (QED) is 0.816. The molecule has 2 N–H and O–H groups in total. The molecule has 0 bridgehead atoms. The number of rotatable bonds is 6. The summed E-state index contributed by atoms with van der Waals surface area (Å²) in [5.41, 5.74) is 3.99. The van der Waals surface area contributed by atoms with Gasteiger partial charge in [0.1, 0.15) is 0 Å². The number of aryl methyl sites for hydroxylation is 1. The van der Waals surface area contributed by atoms with Crippen LogP contribution < -0.4 is 10.6 Å². The van der Waals surface area contributed by atoms with Gasteiger partial charge in [-0.2, -0.15) is 0 Å². The largest absolute Gasteiger partial charge is 0.373 e. The number of amides is 2. The number of carbonyl (C=O) groups excluding carboxylic acids is 1. The number of nitrogens with zero attached hydrogens (tertiary/aromatic N) is 2. The van der Waals surface area contributed by atoms with Crippen LogP contribution in [-0.2, 0) is 11.3 Å². The molecular formula is C19H26N4O2S. The molecule has 2 aromatic rings. The van der Waals surface area contributed by atoms with Gasteiger partial charge in [-0.15, -0.1) is 11.3 Å². The number of aromatic nitrogens is 1. The SMILES string of the molecule is CCN1CCO[C@@H](CNC(=O)NCc2scnc2C)[C@@H]1c1ccccc1. The highest BCUT2D eigenvalue weighted by Gasteiger charge is 2.32. The van der Waals surface area contributed by atoms with Gasteiger partial charge in [0.2, 0.25) is 0 Å². The van der Waals surface area contributed by atoms with E-state index in [1.165, 1.54) is 5.56 Å². The molecule has 0 saturated carbocycles. The Kier molecular flexibility index (Phi) is 6.60. The Morgan fingerprint density at radius 3 is 2.85 bits per heavy atom. The summed E-state index contributed by atoms with van der Waals surface area (Å²) in [7, 11) is 0. The summed E-state index contributed by atoms with van der Waals surface area (Å²) in [5.74, 6) is 0. The van der Waals surface area contributed by atoms with Gasteiger partial charge in [-0.05, 0) is 19.0 Å². The maximum absolute atomic E-state index is 12.2. The molecule has 1 saturated heterocycles. The Hall–Kier alpha value is -1.96. The minimum absolute atomic E-state index is 0.0676. The van der Waals surface area contributed by atoms with Gasteiger partial charge in [0, 0.05) is 18.0 Å². The first-order valence-corrected chi connectivity index (χ1v) is 9.88. The lowest BCUT2D eigenvalue weighted by molar-refractivity contribution is -0.0681. The second kappa shape index (κ2) is 9.12. The molecule has 0 unspecified atom stereocenters. The maximum atomic E-state index is 12.2. The van der Waals surface area contributed by atoms with Crippen molar-refractivity contribution in [3.63, 3.8) is 0 Å². The first-order chi connectivity index (χ1) is 12.7. The van der Waals surface area contributed by atoms with Crippen LogP contribution in [0.5, 0.6) is 0 Å². The third-order valence-corrected chi connectivity index (χ3v) is 5.66. The first kappa shape index (κ1) is 18.8. The number of carbonyl (C=O) groups is 1. The lowest BCUT2D eigenvalue weighted by Crippen LogP contribution is -2.50.